The summed E-state index contributed by atoms with van der Waals surface area (Å²) in [5.74, 6) is -0.885. The van der Waals surface area contributed by atoms with Crippen molar-refractivity contribution < 1.29 is 31.1 Å². The minimum Gasteiger partial charge on any atom is -0.469 e. The molecule has 0 amide bonds. The first kappa shape index (κ1) is 18.7. The second-order valence-electron chi connectivity index (χ2n) is 5.70. The Morgan fingerprint density at radius 3 is 2.46 bits per heavy atom. The third kappa shape index (κ3) is 3.56. The van der Waals surface area contributed by atoms with Crippen LogP contribution in [-0.4, -0.2) is 38.4 Å². The SMILES string of the molecule is COC(=O)C1CCN(S(=O)(=O)c2ccccc2C(F)(F)F)C(C)C1. The van der Waals surface area contributed by atoms with Crippen LogP contribution in [0.4, 0.5) is 13.2 Å². The predicted octanol–water partition coefficient (Wildman–Crippen LogP) is 2.67. The maximum Gasteiger partial charge on any atom is 0.417 e. The van der Waals surface area contributed by atoms with Crippen LogP contribution in [-0.2, 0) is 25.7 Å². The number of hydrogen-bond acceptors (Lipinski definition) is 4. The van der Waals surface area contributed by atoms with E-state index in [0.29, 0.717) is 0 Å². The largest absolute Gasteiger partial charge is 0.469 e. The van der Waals surface area contributed by atoms with Crippen LogP contribution in [0.1, 0.15) is 25.3 Å². The van der Waals surface area contributed by atoms with E-state index in [-0.39, 0.29) is 19.4 Å². The van der Waals surface area contributed by atoms with Crippen molar-refractivity contribution in [3.63, 3.8) is 0 Å². The van der Waals surface area contributed by atoms with Crippen molar-refractivity contribution in [3.05, 3.63) is 29.8 Å². The Morgan fingerprint density at radius 1 is 1.29 bits per heavy atom. The second kappa shape index (κ2) is 6.72. The number of sulfonamides is 1. The van der Waals surface area contributed by atoms with Crippen molar-refractivity contribution in [2.75, 3.05) is 13.7 Å². The highest BCUT2D eigenvalue weighted by Crippen LogP contribution is 2.37. The number of rotatable bonds is 3. The first-order valence-corrected chi connectivity index (χ1v) is 8.79. The molecule has 0 radical (unpaired) electrons. The number of ether oxygens (including phenoxy) is 1. The molecule has 1 saturated heterocycles. The van der Waals surface area contributed by atoms with Crippen LogP contribution in [0.2, 0.25) is 0 Å². The molecule has 134 valence electrons. The van der Waals surface area contributed by atoms with Gasteiger partial charge in [-0.3, -0.25) is 4.79 Å². The van der Waals surface area contributed by atoms with E-state index in [4.69, 9.17) is 0 Å². The van der Waals surface area contributed by atoms with Crippen LogP contribution in [0.3, 0.4) is 0 Å². The van der Waals surface area contributed by atoms with Gasteiger partial charge < -0.3 is 4.74 Å². The molecule has 2 rings (SSSR count). The summed E-state index contributed by atoms with van der Waals surface area (Å²) >= 11 is 0. The smallest absolute Gasteiger partial charge is 0.417 e. The van der Waals surface area contributed by atoms with Crippen molar-refractivity contribution in [2.24, 2.45) is 5.92 Å². The summed E-state index contributed by atoms with van der Waals surface area (Å²) < 4.78 is 70.5. The fourth-order valence-corrected chi connectivity index (χ4v) is 4.81. The number of piperidine rings is 1. The van der Waals surface area contributed by atoms with E-state index in [2.05, 4.69) is 4.74 Å². The van der Waals surface area contributed by atoms with Gasteiger partial charge in [0.2, 0.25) is 10.0 Å². The Kier molecular flexibility index (Phi) is 5.24. The van der Waals surface area contributed by atoms with Crippen LogP contribution < -0.4 is 0 Å². The van der Waals surface area contributed by atoms with Crippen LogP contribution >= 0.6 is 0 Å². The molecule has 0 saturated carbocycles. The molecule has 2 unspecified atom stereocenters. The average Bonchev–Trinajstić information content (AvgIpc) is 2.53. The van der Waals surface area contributed by atoms with Gasteiger partial charge in [0.15, 0.2) is 0 Å². The van der Waals surface area contributed by atoms with Gasteiger partial charge in [0.25, 0.3) is 0 Å². The second-order valence-corrected chi connectivity index (χ2v) is 7.56. The molecule has 5 nitrogen and oxygen atoms in total. The zero-order valence-electron chi connectivity index (χ0n) is 13.2. The fourth-order valence-electron chi connectivity index (χ4n) is 2.94. The highest BCUT2D eigenvalue weighted by atomic mass is 32.2. The molecule has 0 spiro atoms. The number of alkyl halides is 3. The summed E-state index contributed by atoms with van der Waals surface area (Å²) in [6.45, 7) is 1.54. The number of halogens is 3. The lowest BCUT2D eigenvalue weighted by molar-refractivity contribution is -0.147. The molecule has 1 aromatic rings. The third-order valence-corrected chi connectivity index (χ3v) is 6.20. The Bertz CT molecular complexity index is 718. The van der Waals surface area contributed by atoms with E-state index in [1.165, 1.54) is 13.2 Å². The quantitative estimate of drug-likeness (QED) is 0.773. The maximum absolute atomic E-state index is 13.1. The Balaban J connectivity index is 2.35. The lowest BCUT2D eigenvalue weighted by Gasteiger charge is -2.36. The van der Waals surface area contributed by atoms with Crippen molar-refractivity contribution in [3.8, 4) is 0 Å². The Morgan fingerprint density at radius 2 is 1.92 bits per heavy atom. The lowest BCUT2D eigenvalue weighted by Crippen LogP contribution is -2.46. The molecular formula is C15H18F3NO4S. The van der Waals surface area contributed by atoms with Gasteiger partial charge in [-0.05, 0) is 31.9 Å². The molecule has 24 heavy (non-hydrogen) atoms. The lowest BCUT2D eigenvalue weighted by atomic mass is 9.93. The van der Waals surface area contributed by atoms with Gasteiger partial charge in [-0.1, -0.05) is 12.1 Å². The predicted molar refractivity (Wildman–Crippen MR) is 79.5 cm³/mol. The van der Waals surface area contributed by atoms with Crippen molar-refractivity contribution in [1.29, 1.82) is 0 Å². The first-order valence-electron chi connectivity index (χ1n) is 7.35. The summed E-state index contributed by atoms with van der Waals surface area (Å²) in [7, 11) is -3.07. The third-order valence-electron chi connectivity index (χ3n) is 4.13. The normalized spacial score (nSPS) is 23.0. The highest BCUT2D eigenvalue weighted by Gasteiger charge is 2.42. The molecule has 1 fully saturated rings. The number of hydrogen-bond donors (Lipinski definition) is 0. The van der Waals surface area contributed by atoms with E-state index >= 15 is 0 Å². The van der Waals surface area contributed by atoms with E-state index in [1.807, 2.05) is 0 Å². The Hall–Kier alpha value is -1.61. The summed E-state index contributed by atoms with van der Waals surface area (Å²) in [6.07, 6.45) is -4.35. The molecule has 1 aromatic carbocycles. The van der Waals surface area contributed by atoms with Crippen molar-refractivity contribution in [2.45, 2.75) is 36.9 Å². The van der Waals surface area contributed by atoms with Crippen LogP contribution in [0.25, 0.3) is 0 Å². The van der Waals surface area contributed by atoms with E-state index < -0.39 is 44.6 Å². The molecule has 0 aromatic heterocycles. The number of carbonyl (C=O) groups is 1. The zero-order chi connectivity index (χ0) is 18.1. The molecular weight excluding hydrogens is 347 g/mol. The molecule has 1 heterocycles. The molecule has 0 N–H and O–H groups in total. The number of benzene rings is 1. The fraction of sp³-hybridized carbons (Fsp3) is 0.533. The van der Waals surface area contributed by atoms with Crippen LogP contribution in [0.5, 0.6) is 0 Å². The summed E-state index contributed by atoms with van der Waals surface area (Å²) in [4.78, 5) is 10.8. The first-order chi connectivity index (χ1) is 11.1. The molecule has 1 aliphatic rings. The Labute approximate surface area is 138 Å². The minimum atomic E-state index is -4.77. The number of esters is 1. The standard InChI is InChI=1S/C15H18F3NO4S/c1-10-9-11(14(20)23-2)7-8-19(10)24(21,22)13-6-4-3-5-12(13)15(16,17)18/h3-6,10-11H,7-9H2,1-2H3. The summed E-state index contributed by atoms with van der Waals surface area (Å²) in [5, 5.41) is 0. The molecule has 9 heteroatoms. The van der Waals surface area contributed by atoms with E-state index in [9.17, 15) is 26.4 Å². The van der Waals surface area contributed by atoms with Gasteiger partial charge in [0.1, 0.15) is 0 Å². The summed E-state index contributed by atoms with van der Waals surface area (Å²) in [5.41, 5.74) is -1.19. The maximum atomic E-state index is 13.1. The van der Waals surface area contributed by atoms with Gasteiger partial charge in [-0.2, -0.15) is 17.5 Å². The molecule has 1 aliphatic heterocycles. The number of methoxy groups -OCH3 is 1. The topological polar surface area (TPSA) is 63.7 Å². The molecule has 2 atom stereocenters. The van der Waals surface area contributed by atoms with Gasteiger partial charge in [0.05, 0.1) is 23.5 Å². The summed E-state index contributed by atoms with van der Waals surface area (Å²) in [6, 6.07) is 3.51. The van der Waals surface area contributed by atoms with Gasteiger partial charge in [-0.25, -0.2) is 8.42 Å². The zero-order valence-corrected chi connectivity index (χ0v) is 14.0. The molecule has 0 bridgehead atoms. The van der Waals surface area contributed by atoms with Crippen molar-refractivity contribution >= 4 is 16.0 Å². The highest BCUT2D eigenvalue weighted by molar-refractivity contribution is 7.89. The van der Waals surface area contributed by atoms with E-state index in [0.717, 1.165) is 22.5 Å². The van der Waals surface area contributed by atoms with Gasteiger partial charge >= 0.3 is 12.1 Å². The van der Waals surface area contributed by atoms with E-state index in [1.54, 1.807) is 6.92 Å². The van der Waals surface area contributed by atoms with Crippen molar-refractivity contribution in [1.82, 2.24) is 4.31 Å². The monoisotopic (exact) mass is 365 g/mol. The minimum absolute atomic E-state index is 0.0323. The molecule has 0 aliphatic carbocycles. The van der Waals surface area contributed by atoms with Crippen LogP contribution in [0.15, 0.2) is 29.2 Å². The average molecular weight is 365 g/mol. The van der Waals surface area contributed by atoms with Gasteiger partial charge in [-0.15, -0.1) is 0 Å². The van der Waals surface area contributed by atoms with Gasteiger partial charge in [0, 0.05) is 12.6 Å². The number of carbonyl (C=O) groups excluding carboxylic acids is 1. The number of nitrogens with zero attached hydrogens (tertiary/aromatic N) is 1. The van der Waals surface area contributed by atoms with Crippen LogP contribution in [0, 0.1) is 5.92 Å².